The van der Waals surface area contributed by atoms with Crippen LogP contribution in [0.5, 0.6) is 0 Å². The molecule has 5 unspecified atom stereocenters. The van der Waals surface area contributed by atoms with E-state index in [2.05, 4.69) is 0 Å². The third-order valence-corrected chi connectivity index (χ3v) is 17.4. The van der Waals surface area contributed by atoms with Gasteiger partial charge in [-0.25, -0.2) is 0 Å². The molecule has 4 saturated carbocycles. The minimum atomic E-state index is -2.52. The average molecular weight is 987 g/mol. The zero-order valence-corrected chi connectivity index (χ0v) is 41.5. The Hall–Kier alpha value is -7.21. The monoisotopic (exact) mass is 986 g/mol. The van der Waals surface area contributed by atoms with Crippen LogP contribution in [-0.4, -0.2) is 41.4 Å². The zero-order chi connectivity index (χ0) is 51.3. The van der Waals surface area contributed by atoms with Gasteiger partial charge in [0.05, 0.1) is 10.8 Å². The van der Waals surface area contributed by atoms with Crippen molar-refractivity contribution in [1.29, 1.82) is 0 Å². The summed E-state index contributed by atoms with van der Waals surface area (Å²) in [5.41, 5.74) is -10.00. The number of carbonyl (C=O) groups is 7. The molecule has 0 bridgehead atoms. The van der Waals surface area contributed by atoms with Crippen molar-refractivity contribution < 1.29 is 57.2 Å². The van der Waals surface area contributed by atoms with Crippen LogP contribution in [0.3, 0.4) is 0 Å². The van der Waals surface area contributed by atoms with E-state index in [0.717, 1.165) is 0 Å². The second-order valence-electron chi connectivity index (χ2n) is 20.7. The lowest BCUT2D eigenvalue weighted by molar-refractivity contribution is -0.308. The van der Waals surface area contributed by atoms with Gasteiger partial charge in [-0.05, 0) is 85.1 Å². The highest BCUT2D eigenvalue weighted by molar-refractivity contribution is 6.05. The first kappa shape index (κ1) is 50.7. The van der Waals surface area contributed by atoms with Crippen LogP contribution in [-0.2, 0) is 90.3 Å². The number of ketones is 2. The van der Waals surface area contributed by atoms with Crippen LogP contribution in [0.25, 0.3) is 0 Å². The van der Waals surface area contributed by atoms with Gasteiger partial charge in [0.15, 0.2) is 0 Å². The molecule has 0 saturated heterocycles. The molecule has 0 radical (unpaired) electrons. The SMILES string of the molecule is CC(=O)[C@H]1CCCC2(C(=O)OCc3ccccc3)C3(C(=O)OCc4ccccc4)CCC4(C(=O)OCc5ccccc5)CC(=O)CCC4(C(=O)OCc4ccccc4)C3(C(=O)OCc3ccccc3)CC[C@]12C. The molecule has 4 aliphatic rings. The number of hydrogen-bond acceptors (Lipinski definition) is 12. The third-order valence-electron chi connectivity index (χ3n) is 17.4. The van der Waals surface area contributed by atoms with E-state index in [1.54, 1.807) is 109 Å². The van der Waals surface area contributed by atoms with Crippen molar-refractivity contribution >= 4 is 41.4 Å². The Labute approximate surface area is 426 Å². The smallest absolute Gasteiger partial charge is 0.314 e. The molecule has 0 heterocycles. The topological polar surface area (TPSA) is 166 Å². The Morgan fingerprint density at radius 3 is 1.16 bits per heavy atom. The number of Topliss-reactive ketones (excluding diaryl/α,β-unsaturated/α-hetero) is 2. The molecule has 7 atom stereocenters. The number of rotatable bonds is 16. The summed E-state index contributed by atoms with van der Waals surface area (Å²) in [6, 6.07) is 44.7. The van der Waals surface area contributed by atoms with E-state index >= 15 is 24.0 Å². The molecule has 12 heteroatoms. The van der Waals surface area contributed by atoms with Gasteiger partial charge in [0.1, 0.15) is 60.8 Å². The normalized spacial score (nSPS) is 28.1. The number of esters is 5. The maximum atomic E-state index is 16.8. The summed E-state index contributed by atoms with van der Waals surface area (Å²) in [5, 5.41) is 0. The number of hydrogen-bond donors (Lipinski definition) is 0. The largest absolute Gasteiger partial charge is 0.460 e. The summed E-state index contributed by atoms with van der Waals surface area (Å²) in [5.74, 6) is -6.22. The lowest BCUT2D eigenvalue weighted by Gasteiger charge is -2.75. The Morgan fingerprint density at radius 1 is 0.425 bits per heavy atom. The van der Waals surface area contributed by atoms with Crippen molar-refractivity contribution in [3.63, 3.8) is 0 Å². The Morgan fingerprint density at radius 2 is 0.767 bits per heavy atom. The summed E-state index contributed by atoms with van der Waals surface area (Å²) >= 11 is 0. The van der Waals surface area contributed by atoms with Gasteiger partial charge in [0.25, 0.3) is 0 Å². The molecule has 5 aromatic carbocycles. The first-order chi connectivity index (χ1) is 35.3. The van der Waals surface area contributed by atoms with Crippen LogP contribution in [0.2, 0.25) is 0 Å². The highest BCUT2D eigenvalue weighted by Crippen LogP contribution is 2.84. The molecule has 0 aromatic heterocycles. The number of ether oxygens (including phenoxy) is 5. The van der Waals surface area contributed by atoms with E-state index in [1.165, 1.54) is 6.92 Å². The van der Waals surface area contributed by atoms with Gasteiger partial charge in [0, 0.05) is 18.8 Å². The summed E-state index contributed by atoms with van der Waals surface area (Å²) in [4.78, 5) is 111. The molecule has 9 rings (SSSR count). The average Bonchev–Trinajstić information content (AvgIpc) is 3.42. The van der Waals surface area contributed by atoms with E-state index in [-0.39, 0.29) is 76.7 Å². The van der Waals surface area contributed by atoms with Gasteiger partial charge in [-0.15, -0.1) is 0 Å². The molecule has 0 N–H and O–H groups in total. The van der Waals surface area contributed by atoms with E-state index in [9.17, 15) is 9.59 Å². The molecule has 0 aliphatic heterocycles. The molecular weight excluding hydrogens is 925 g/mol. The third kappa shape index (κ3) is 8.36. The minimum absolute atomic E-state index is 0.0609. The summed E-state index contributed by atoms with van der Waals surface area (Å²) < 4.78 is 32.4. The Balaban J connectivity index is 1.36. The van der Waals surface area contributed by atoms with Crippen molar-refractivity contribution in [3.8, 4) is 0 Å². The van der Waals surface area contributed by atoms with E-state index < -0.39 is 93.9 Å². The maximum absolute atomic E-state index is 16.8. The van der Waals surface area contributed by atoms with Crippen molar-refractivity contribution in [3.05, 3.63) is 179 Å². The minimum Gasteiger partial charge on any atom is -0.460 e. The molecule has 12 nitrogen and oxygen atoms in total. The molecule has 378 valence electrons. The zero-order valence-electron chi connectivity index (χ0n) is 41.5. The number of carbonyl (C=O) groups excluding carboxylic acids is 7. The lowest BCUT2D eigenvalue weighted by Crippen LogP contribution is -2.83. The fourth-order valence-corrected chi connectivity index (χ4v) is 14.2. The van der Waals surface area contributed by atoms with Gasteiger partial charge in [0.2, 0.25) is 0 Å². The molecule has 4 fully saturated rings. The quantitative estimate of drug-likeness (QED) is 0.0679. The number of fused-ring (bicyclic) bond motifs is 5. The van der Waals surface area contributed by atoms with Crippen LogP contribution in [0, 0.1) is 38.4 Å². The number of benzene rings is 5. The summed E-state index contributed by atoms with van der Waals surface area (Å²) in [7, 11) is 0. The molecule has 5 aromatic rings. The van der Waals surface area contributed by atoms with Crippen molar-refractivity contribution in [2.75, 3.05) is 0 Å². The van der Waals surface area contributed by atoms with Crippen molar-refractivity contribution in [2.45, 2.75) is 111 Å². The van der Waals surface area contributed by atoms with Crippen LogP contribution in [0.15, 0.2) is 152 Å². The van der Waals surface area contributed by atoms with Gasteiger partial charge in [-0.1, -0.05) is 165 Å². The fourth-order valence-electron chi connectivity index (χ4n) is 14.2. The second kappa shape index (κ2) is 20.7. The highest BCUT2D eigenvalue weighted by Gasteiger charge is 2.92. The standard InChI is InChI=1S/C61H62O12/c1-43(62)50-29-18-31-58(52(65)70-39-45-21-10-4-11-22-45)56(50,2)33-35-61(55(68)73-42-48-27-16-7-17-28-48)59(53(66)71-40-46-23-12-5-13-24-46)32-30-49(63)37-57(59,51(64)69-38-44-19-8-3-9-20-44)34-36-60(58,61)54(67)72-41-47-25-14-6-15-26-47/h3-17,19-28,50H,18,29-42H2,1-2H3/t50-,56-,57?,58?,59?,60?,61?/m1/s1. The van der Waals surface area contributed by atoms with Crippen molar-refractivity contribution in [1.82, 2.24) is 0 Å². The van der Waals surface area contributed by atoms with Gasteiger partial charge in [-0.2, -0.15) is 0 Å². The van der Waals surface area contributed by atoms with Crippen LogP contribution in [0.1, 0.15) is 106 Å². The van der Waals surface area contributed by atoms with Crippen LogP contribution >= 0.6 is 0 Å². The van der Waals surface area contributed by atoms with Gasteiger partial charge in [-0.3, -0.25) is 33.6 Å². The first-order valence-electron chi connectivity index (χ1n) is 25.4. The fraction of sp³-hybridized carbons (Fsp3) is 0.393. The summed E-state index contributed by atoms with van der Waals surface area (Å²) in [6.45, 7) is 1.91. The van der Waals surface area contributed by atoms with E-state index in [0.29, 0.717) is 34.2 Å². The second-order valence-corrected chi connectivity index (χ2v) is 20.7. The molecular formula is C61H62O12. The van der Waals surface area contributed by atoms with Gasteiger partial charge < -0.3 is 23.7 Å². The molecule has 73 heavy (non-hydrogen) atoms. The van der Waals surface area contributed by atoms with Gasteiger partial charge >= 0.3 is 29.8 Å². The predicted octanol–water partition coefficient (Wildman–Crippen LogP) is 10.4. The van der Waals surface area contributed by atoms with Crippen LogP contribution < -0.4 is 0 Å². The van der Waals surface area contributed by atoms with Crippen LogP contribution in [0.4, 0.5) is 0 Å². The highest BCUT2D eigenvalue weighted by atomic mass is 16.6. The predicted molar refractivity (Wildman–Crippen MR) is 267 cm³/mol. The molecule has 0 amide bonds. The lowest BCUT2D eigenvalue weighted by atomic mass is 9.23. The molecule has 0 spiro atoms. The van der Waals surface area contributed by atoms with E-state index in [1.807, 2.05) is 49.4 Å². The first-order valence-corrected chi connectivity index (χ1v) is 25.4. The summed E-state index contributed by atoms with van der Waals surface area (Å²) in [6.07, 6.45) is -1.99. The maximum Gasteiger partial charge on any atom is 0.314 e. The molecule has 4 aliphatic carbocycles. The Kier molecular flexibility index (Phi) is 14.4. The Bertz CT molecular complexity index is 2840. The van der Waals surface area contributed by atoms with Crippen molar-refractivity contribution in [2.24, 2.45) is 38.4 Å². The van der Waals surface area contributed by atoms with E-state index in [4.69, 9.17) is 23.7 Å².